The van der Waals surface area contributed by atoms with Crippen LogP contribution in [0, 0.1) is 6.92 Å². The predicted octanol–water partition coefficient (Wildman–Crippen LogP) is 4.08. The molecule has 0 bridgehead atoms. The van der Waals surface area contributed by atoms with Gasteiger partial charge in [0.2, 0.25) is 5.91 Å². The number of nitrogens with zero attached hydrogens (tertiary/aromatic N) is 1. The molecule has 0 radical (unpaired) electrons. The van der Waals surface area contributed by atoms with Gasteiger partial charge in [-0.1, -0.05) is 6.07 Å². The Bertz CT molecular complexity index is 1110. The first-order chi connectivity index (χ1) is 14.6. The summed E-state index contributed by atoms with van der Waals surface area (Å²) >= 11 is 0. The third kappa shape index (κ3) is 5.59. The Balaban J connectivity index is 1.77. The Morgan fingerprint density at radius 1 is 1.03 bits per heavy atom. The standard InChI is InChI=1S/C22H18F3N3O3/c1-13-10-14(2-7-18(13)21(30)28-12-20(26)29)19-11-17(8-9-27-19)31-16-5-3-15(4-6-16)22(23,24)25/h2-11H,12H2,1H3,(H2,26,29)(H,28,30). The smallest absolute Gasteiger partial charge is 0.416 e. The molecule has 1 heterocycles. The third-order valence-electron chi connectivity index (χ3n) is 4.34. The van der Waals surface area contributed by atoms with Gasteiger partial charge in [0.15, 0.2) is 0 Å². The molecule has 3 rings (SSSR count). The highest BCUT2D eigenvalue weighted by Gasteiger charge is 2.30. The largest absolute Gasteiger partial charge is 0.457 e. The molecular formula is C22H18F3N3O3. The number of carbonyl (C=O) groups excluding carboxylic acids is 2. The molecule has 2 amide bonds. The molecule has 6 nitrogen and oxygen atoms in total. The highest BCUT2D eigenvalue weighted by Crippen LogP contribution is 2.32. The van der Waals surface area contributed by atoms with E-state index in [0.717, 1.165) is 12.1 Å². The highest BCUT2D eigenvalue weighted by atomic mass is 19.4. The molecule has 31 heavy (non-hydrogen) atoms. The van der Waals surface area contributed by atoms with E-state index in [4.69, 9.17) is 10.5 Å². The van der Waals surface area contributed by atoms with E-state index >= 15 is 0 Å². The number of amides is 2. The summed E-state index contributed by atoms with van der Waals surface area (Å²) in [4.78, 5) is 27.2. The first kappa shape index (κ1) is 21.8. The van der Waals surface area contributed by atoms with Gasteiger partial charge in [-0.05, 0) is 55.0 Å². The van der Waals surface area contributed by atoms with Crippen LogP contribution in [0.4, 0.5) is 13.2 Å². The topological polar surface area (TPSA) is 94.3 Å². The van der Waals surface area contributed by atoms with Crippen LogP contribution in [-0.2, 0) is 11.0 Å². The van der Waals surface area contributed by atoms with Gasteiger partial charge in [0.25, 0.3) is 5.91 Å². The number of nitrogens with one attached hydrogen (secondary N) is 1. The van der Waals surface area contributed by atoms with Gasteiger partial charge in [0, 0.05) is 23.4 Å². The van der Waals surface area contributed by atoms with Crippen molar-refractivity contribution in [2.75, 3.05) is 6.54 Å². The van der Waals surface area contributed by atoms with Gasteiger partial charge in [-0.25, -0.2) is 0 Å². The predicted molar refractivity (Wildman–Crippen MR) is 107 cm³/mol. The van der Waals surface area contributed by atoms with Crippen LogP contribution in [0.5, 0.6) is 11.5 Å². The first-order valence-electron chi connectivity index (χ1n) is 9.12. The molecule has 0 fully saturated rings. The molecule has 0 aliphatic heterocycles. The molecule has 0 saturated heterocycles. The average Bonchev–Trinajstić information content (AvgIpc) is 2.72. The van der Waals surface area contributed by atoms with Gasteiger partial charge in [-0.15, -0.1) is 0 Å². The van der Waals surface area contributed by atoms with Crippen LogP contribution in [0.15, 0.2) is 60.8 Å². The van der Waals surface area contributed by atoms with E-state index in [1.807, 2.05) is 0 Å². The normalized spacial score (nSPS) is 11.1. The highest BCUT2D eigenvalue weighted by molar-refractivity contribution is 5.98. The number of ether oxygens (including phenoxy) is 1. The van der Waals surface area contributed by atoms with Crippen LogP contribution in [0.25, 0.3) is 11.3 Å². The molecule has 0 aliphatic rings. The number of primary amides is 1. The van der Waals surface area contributed by atoms with Crippen molar-refractivity contribution in [1.82, 2.24) is 10.3 Å². The molecule has 9 heteroatoms. The fraction of sp³-hybridized carbons (Fsp3) is 0.136. The minimum atomic E-state index is -4.41. The van der Waals surface area contributed by atoms with Crippen LogP contribution >= 0.6 is 0 Å². The number of aromatic nitrogens is 1. The summed E-state index contributed by atoms with van der Waals surface area (Å²) in [6.45, 7) is 1.48. The molecule has 0 atom stereocenters. The summed E-state index contributed by atoms with van der Waals surface area (Å²) in [6.07, 6.45) is -2.90. The Morgan fingerprint density at radius 2 is 1.74 bits per heavy atom. The number of rotatable bonds is 6. The molecule has 0 aliphatic carbocycles. The number of pyridine rings is 1. The second kappa shape index (κ2) is 8.86. The summed E-state index contributed by atoms with van der Waals surface area (Å²) in [5, 5.41) is 2.43. The van der Waals surface area contributed by atoms with Crippen molar-refractivity contribution in [2.45, 2.75) is 13.1 Å². The monoisotopic (exact) mass is 429 g/mol. The molecule has 0 unspecified atom stereocenters. The zero-order valence-electron chi connectivity index (χ0n) is 16.4. The van der Waals surface area contributed by atoms with Crippen LogP contribution in [0.2, 0.25) is 0 Å². The zero-order valence-corrected chi connectivity index (χ0v) is 16.4. The molecule has 160 valence electrons. The summed E-state index contributed by atoms with van der Waals surface area (Å²) in [5.41, 5.74) is 6.59. The molecule has 0 saturated carbocycles. The Labute approximate surface area is 175 Å². The second-order valence-corrected chi connectivity index (χ2v) is 6.68. The quantitative estimate of drug-likeness (QED) is 0.617. The summed E-state index contributed by atoms with van der Waals surface area (Å²) in [7, 11) is 0. The van der Waals surface area contributed by atoms with Crippen LogP contribution < -0.4 is 15.8 Å². The minimum absolute atomic E-state index is 0.253. The summed E-state index contributed by atoms with van der Waals surface area (Å²) in [6, 6.07) is 12.6. The maximum Gasteiger partial charge on any atom is 0.416 e. The van der Waals surface area contributed by atoms with Crippen LogP contribution in [-0.4, -0.2) is 23.3 Å². The van der Waals surface area contributed by atoms with Crippen molar-refractivity contribution in [1.29, 1.82) is 0 Å². The van der Waals surface area contributed by atoms with Crippen molar-refractivity contribution in [2.24, 2.45) is 5.73 Å². The van der Waals surface area contributed by atoms with E-state index in [-0.39, 0.29) is 12.3 Å². The van der Waals surface area contributed by atoms with Crippen molar-refractivity contribution in [3.63, 3.8) is 0 Å². The molecule has 3 aromatic rings. The molecular weight excluding hydrogens is 411 g/mol. The maximum atomic E-state index is 12.7. The number of hydrogen-bond donors (Lipinski definition) is 2. The van der Waals surface area contributed by atoms with Gasteiger partial charge in [0.1, 0.15) is 11.5 Å². The summed E-state index contributed by atoms with van der Waals surface area (Å²) in [5.74, 6) is -0.416. The Morgan fingerprint density at radius 3 is 2.35 bits per heavy atom. The number of hydrogen-bond acceptors (Lipinski definition) is 4. The van der Waals surface area contributed by atoms with E-state index in [1.165, 1.54) is 18.3 Å². The van der Waals surface area contributed by atoms with Gasteiger partial charge >= 0.3 is 6.18 Å². The van der Waals surface area contributed by atoms with E-state index in [1.54, 1.807) is 37.3 Å². The number of carbonyl (C=O) groups is 2. The zero-order chi connectivity index (χ0) is 22.6. The van der Waals surface area contributed by atoms with Gasteiger partial charge in [0.05, 0.1) is 17.8 Å². The maximum absolute atomic E-state index is 12.7. The van der Waals surface area contributed by atoms with E-state index in [9.17, 15) is 22.8 Å². The number of halogens is 3. The van der Waals surface area contributed by atoms with Crippen molar-refractivity contribution in [3.05, 3.63) is 77.5 Å². The average molecular weight is 429 g/mol. The van der Waals surface area contributed by atoms with Crippen molar-refractivity contribution < 1.29 is 27.5 Å². The van der Waals surface area contributed by atoms with Gasteiger partial charge in [-0.2, -0.15) is 13.2 Å². The van der Waals surface area contributed by atoms with Gasteiger partial charge < -0.3 is 15.8 Å². The number of benzene rings is 2. The molecule has 3 N–H and O–H groups in total. The lowest BCUT2D eigenvalue weighted by atomic mass is 10.0. The fourth-order valence-electron chi connectivity index (χ4n) is 2.82. The lowest BCUT2D eigenvalue weighted by molar-refractivity contribution is -0.137. The summed E-state index contributed by atoms with van der Waals surface area (Å²) < 4.78 is 43.7. The number of alkyl halides is 3. The van der Waals surface area contributed by atoms with Crippen molar-refractivity contribution in [3.8, 4) is 22.8 Å². The molecule has 2 aromatic carbocycles. The van der Waals surface area contributed by atoms with E-state index < -0.39 is 23.6 Å². The fourth-order valence-corrected chi connectivity index (χ4v) is 2.82. The van der Waals surface area contributed by atoms with Crippen molar-refractivity contribution >= 4 is 11.8 Å². The van der Waals surface area contributed by atoms with Crippen LogP contribution in [0.3, 0.4) is 0 Å². The minimum Gasteiger partial charge on any atom is -0.457 e. The number of nitrogens with two attached hydrogens (primary N) is 1. The lowest BCUT2D eigenvalue weighted by Crippen LogP contribution is -2.33. The lowest BCUT2D eigenvalue weighted by Gasteiger charge is -2.11. The SMILES string of the molecule is Cc1cc(-c2cc(Oc3ccc(C(F)(F)F)cc3)ccn2)ccc1C(=O)NCC(N)=O. The second-order valence-electron chi connectivity index (χ2n) is 6.68. The Hall–Kier alpha value is -3.88. The third-order valence-corrected chi connectivity index (χ3v) is 4.34. The Kier molecular flexibility index (Phi) is 6.24. The van der Waals surface area contributed by atoms with Crippen LogP contribution in [0.1, 0.15) is 21.5 Å². The van der Waals surface area contributed by atoms with E-state index in [2.05, 4.69) is 10.3 Å². The molecule has 1 aromatic heterocycles. The van der Waals surface area contributed by atoms with Gasteiger partial charge in [-0.3, -0.25) is 14.6 Å². The molecule has 0 spiro atoms. The van der Waals surface area contributed by atoms with E-state index in [0.29, 0.717) is 28.1 Å². The first-order valence-corrected chi connectivity index (χ1v) is 9.12. The number of aryl methyl sites for hydroxylation is 1.